The molecule has 26 heavy (non-hydrogen) atoms. The second kappa shape index (κ2) is 7.86. The molecule has 3 fully saturated rings. The van der Waals surface area contributed by atoms with Gasteiger partial charge in [0.2, 0.25) is 5.82 Å². The minimum absolute atomic E-state index is 0.108. The van der Waals surface area contributed by atoms with Gasteiger partial charge < -0.3 is 5.11 Å². The molecule has 0 atom stereocenters. The van der Waals surface area contributed by atoms with Gasteiger partial charge in [-0.15, -0.1) is 0 Å². The minimum atomic E-state index is -1.09. The van der Waals surface area contributed by atoms with Crippen molar-refractivity contribution in [2.24, 2.45) is 23.7 Å². The summed E-state index contributed by atoms with van der Waals surface area (Å²) in [5, 5.41) is 9.32. The van der Waals surface area contributed by atoms with Gasteiger partial charge >= 0.3 is 0 Å². The third-order valence-corrected chi connectivity index (χ3v) is 7.85. The van der Waals surface area contributed by atoms with Gasteiger partial charge in [-0.25, -0.2) is 4.39 Å². The molecule has 0 heterocycles. The Morgan fingerprint density at radius 1 is 0.615 bits per heavy atom. The maximum atomic E-state index is 14.2. The zero-order chi connectivity index (χ0) is 18.1. The fourth-order valence-corrected chi connectivity index (χ4v) is 6.29. The highest BCUT2D eigenvalue weighted by Gasteiger charge is 2.34. The standard InChI is InChI=1S/C23H32F2O/c24-22-20(13-14-21(26)23(22)25)19-11-9-18(10-12-19)17-7-5-16(6-8-17)15-3-1-2-4-15/h13-19,26H,1-12H2. The average Bonchev–Trinajstić information content (AvgIpc) is 3.22. The van der Waals surface area contributed by atoms with Crippen molar-refractivity contribution in [2.75, 3.05) is 0 Å². The molecule has 0 bridgehead atoms. The summed E-state index contributed by atoms with van der Waals surface area (Å²) in [5.74, 6) is 1.23. The van der Waals surface area contributed by atoms with Crippen LogP contribution in [0.3, 0.4) is 0 Å². The first-order valence-corrected chi connectivity index (χ1v) is 10.8. The van der Waals surface area contributed by atoms with E-state index in [2.05, 4.69) is 0 Å². The van der Waals surface area contributed by atoms with Gasteiger partial charge in [0.1, 0.15) is 0 Å². The number of aromatic hydroxyl groups is 1. The predicted molar refractivity (Wildman–Crippen MR) is 100 cm³/mol. The van der Waals surface area contributed by atoms with E-state index in [1.807, 2.05) is 0 Å². The molecule has 0 aliphatic heterocycles. The molecular formula is C23H32F2O. The van der Waals surface area contributed by atoms with Crippen molar-refractivity contribution in [3.63, 3.8) is 0 Å². The molecule has 0 spiro atoms. The number of phenols is 1. The van der Waals surface area contributed by atoms with Crippen molar-refractivity contribution in [1.29, 1.82) is 0 Å². The monoisotopic (exact) mass is 362 g/mol. The van der Waals surface area contributed by atoms with E-state index < -0.39 is 17.4 Å². The van der Waals surface area contributed by atoms with Gasteiger partial charge in [-0.05, 0) is 92.6 Å². The second-order valence-corrected chi connectivity index (χ2v) is 9.13. The van der Waals surface area contributed by atoms with Crippen molar-refractivity contribution in [2.45, 2.75) is 83.0 Å². The van der Waals surface area contributed by atoms with E-state index in [1.165, 1.54) is 57.4 Å². The average molecular weight is 363 g/mol. The first kappa shape index (κ1) is 18.3. The van der Waals surface area contributed by atoms with Crippen LogP contribution in [0.5, 0.6) is 5.75 Å². The first-order chi connectivity index (χ1) is 12.6. The van der Waals surface area contributed by atoms with E-state index in [0.29, 0.717) is 5.56 Å². The van der Waals surface area contributed by atoms with Gasteiger partial charge in [-0.3, -0.25) is 0 Å². The van der Waals surface area contributed by atoms with Crippen LogP contribution in [0.2, 0.25) is 0 Å². The zero-order valence-corrected chi connectivity index (χ0v) is 15.7. The third-order valence-electron chi connectivity index (χ3n) is 7.85. The summed E-state index contributed by atoms with van der Waals surface area (Å²) < 4.78 is 27.8. The highest BCUT2D eigenvalue weighted by atomic mass is 19.2. The molecule has 1 nitrogen and oxygen atoms in total. The number of hydrogen-bond acceptors (Lipinski definition) is 1. The summed E-state index contributed by atoms with van der Waals surface area (Å²) in [6.45, 7) is 0. The van der Waals surface area contributed by atoms with Crippen molar-refractivity contribution in [3.8, 4) is 5.75 Å². The largest absolute Gasteiger partial charge is 0.505 e. The summed E-state index contributed by atoms with van der Waals surface area (Å²) in [6.07, 6.45) is 15.6. The van der Waals surface area contributed by atoms with Crippen LogP contribution in [0.4, 0.5) is 8.78 Å². The molecule has 0 radical (unpaired) electrons. The molecule has 3 aliphatic carbocycles. The van der Waals surface area contributed by atoms with Crippen LogP contribution in [0.25, 0.3) is 0 Å². The molecule has 4 rings (SSSR count). The van der Waals surface area contributed by atoms with E-state index in [-0.39, 0.29) is 5.92 Å². The highest BCUT2D eigenvalue weighted by molar-refractivity contribution is 5.32. The Morgan fingerprint density at radius 2 is 1.08 bits per heavy atom. The Hall–Kier alpha value is -1.12. The fraction of sp³-hybridized carbons (Fsp3) is 0.739. The van der Waals surface area contributed by atoms with E-state index in [1.54, 1.807) is 6.07 Å². The van der Waals surface area contributed by atoms with Crippen LogP contribution >= 0.6 is 0 Å². The van der Waals surface area contributed by atoms with Gasteiger partial charge in [0.25, 0.3) is 0 Å². The Labute approximate surface area is 156 Å². The van der Waals surface area contributed by atoms with Crippen LogP contribution in [0.15, 0.2) is 12.1 Å². The number of benzene rings is 1. The number of hydrogen-bond donors (Lipinski definition) is 1. The molecule has 0 saturated heterocycles. The smallest absolute Gasteiger partial charge is 0.200 e. The van der Waals surface area contributed by atoms with Gasteiger partial charge in [-0.2, -0.15) is 4.39 Å². The number of halogens is 2. The lowest BCUT2D eigenvalue weighted by Gasteiger charge is -2.39. The Morgan fingerprint density at radius 3 is 1.62 bits per heavy atom. The number of rotatable bonds is 3. The molecule has 1 aromatic carbocycles. The summed E-state index contributed by atoms with van der Waals surface area (Å²) in [6, 6.07) is 2.87. The Bertz CT molecular complexity index is 607. The summed E-state index contributed by atoms with van der Waals surface area (Å²) in [7, 11) is 0. The van der Waals surface area contributed by atoms with Crippen LogP contribution in [-0.2, 0) is 0 Å². The molecule has 3 aliphatic rings. The number of phenolic OH excluding ortho intramolecular Hbond substituents is 1. The van der Waals surface area contributed by atoms with E-state index in [9.17, 15) is 13.9 Å². The van der Waals surface area contributed by atoms with E-state index in [0.717, 1.165) is 49.4 Å². The summed E-state index contributed by atoms with van der Waals surface area (Å²) >= 11 is 0. The molecule has 0 aromatic heterocycles. The summed E-state index contributed by atoms with van der Waals surface area (Å²) in [4.78, 5) is 0. The van der Waals surface area contributed by atoms with Gasteiger partial charge in [0, 0.05) is 0 Å². The normalized spacial score (nSPS) is 33.5. The molecule has 144 valence electrons. The van der Waals surface area contributed by atoms with Gasteiger partial charge in [0.15, 0.2) is 11.6 Å². The molecular weight excluding hydrogens is 330 g/mol. The molecule has 0 amide bonds. The van der Waals surface area contributed by atoms with Crippen LogP contribution in [0, 0.1) is 35.3 Å². The molecule has 3 heteroatoms. The maximum absolute atomic E-state index is 14.2. The second-order valence-electron chi connectivity index (χ2n) is 9.13. The highest BCUT2D eigenvalue weighted by Crippen LogP contribution is 2.47. The van der Waals surface area contributed by atoms with E-state index in [4.69, 9.17) is 0 Å². The topological polar surface area (TPSA) is 20.2 Å². The Balaban J connectivity index is 1.30. The van der Waals surface area contributed by atoms with Gasteiger partial charge in [0.05, 0.1) is 0 Å². The van der Waals surface area contributed by atoms with Crippen molar-refractivity contribution >= 4 is 0 Å². The molecule has 1 N–H and O–H groups in total. The summed E-state index contributed by atoms with van der Waals surface area (Å²) in [5.41, 5.74) is 0.462. The first-order valence-electron chi connectivity index (χ1n) is 10.8. The third kappa shape index (κ3) is 3.64. The molecule has 3 saturated carbocycles. The Kier molecular flexibility index (Phi) is 5.52. The quantitative estimate of drug-likeness (QED) is 0.617. The van der Waals surface area contributed by atoms with Crippen LogP contribution < -0.4 is 0 Å². The lowest BCUT2D eigenvalue weighted by atomic mass is 9.66. The van der Waals surface area contributed by atoms with E-state index >= 15 is 0 Å². The van der Waals surface area contributed by atoms with Crippen LogP contribution in [0.1, 0.15) is 88.5 Å². The lowest BCUT2D eigenvalue weighted by molar-refractivity contribution is 0.135. The SMILES string of the molecule is Oc1ccc(C2CCC(C3CCC(C4CCCC4)CC3)CC2)c(F)c1F. The van der Waals surface area contributed by atoms with Crippen LogP contribution in [-0.4, -0.2) is 5.11 Å². The zero-order valence-electron chi connectivity index (χ0n) is 15.7. The minimum Gasteiger partial charge on any atom is -0.505 e. The lowest BCUT2D eigenvalue weighted by Crippen LogP contribution is -2.27. The van der Waals surface area contributed by atoms with Crippen molar-refractivity contribution in [1.82, 2.24) is 0 Å². The molecule has 0 unspecified atom stereocenters. The maximum Gasteiger partial charge on any atom is 0.200 e. The van der Waals surface area contributed by atoms with Crippen molar-refractivity contribution in [3.05, 3.63) is 29.3 Å². The molecule has 1 aromatic rings. The van der Waals surface area contributed by atoms with Gasteiger partial charge in [-0.1, -0.05) is 31.7 Å². The fourth-order valence-electron chi connectivity index (χ4n) is 6.29. The van der Waals surface area contributed by atoms with Crippen molar-refractivity contribution < 1.29 is 13.9 Å². The predicted octanol–water partition coefficient (Wildman–Crippen LogP) is 6.94.